The average Bonchev–Trinajstić information content (AvgIpc) is 3.36. The maximum absolute atomic E-state index is 13.2. The van der Waals surface area contributed by atoms with Crippen LogP contribution in [0, 0.1) is 6.92 Å². The van der Waals surface area contributed by atoms with Gasteiger partial charge in [-0.15, -0.1) is 11.3 Å². The molecule has 1 atom stereocenters. The van der Waals surface area contributed by atoms with E-state index in [-0.39, 0.29) is 30.0 Å². The summed E-state index contributed by atoms with van der Waals surface area (Å²) in [7, 11) is 0. The van der Waals surface area contributed by atoms with Crippen LogP contribution < -0.4 is 10.9 Å². The van der Waals surface area contributed by atoms with Crippen molar-refractivity contribution in [1.29, 1.82) is 0 Å². The number of hydrogen-bond donors (Lipinski definition) is 1. The fourth-order valence-electron chi connectivity index (χ4n) is 4.27. The monoisotopic (exact) mass is 481 g/mol. The van der Waals surface area contributed by atoms with Gasteiger partial charge in [0.25, 0.3) is 11.5 Å². The molecule has 170 valence electrons. The molecule has 1 saturated heterocycles. The Balaban J connectivity index is 1.41. The SMILES string of the molecule is Cc1c(C(=O)Nc2nc3ccccc3s2)sc2ncn(CC(=O)N3CCCC[C@H]3C)c(=O)c12. The molecule has 1 fully saturated rings. The van der Waals surface area contributed by atoms with Gasteiger partial charge in [0.1, 0.15) is 11.4 Å². The third-order valence-electron chi connectivity index (χ3n) is 6.07. The van der Waals surface area contributed by atoms with Crippen molar-refractivity contribution in [2.75, 3.05) is 11.9 Å². The molecule has 4 aromatic rings. The van der Waals surface area contributed by atoms with Crippen LogP contribution in [-0.4, -0.2) is 43.8 Å². The molecular weight excluding hydrogens is 458 g/mol. The van der Waals surface area contributed by atoms with Gasteiger partial charge in [0, 0.05) is 12.6 Å². The van der Waals surface area contributed by atoms with Crippen LogP contribution in [0.1, 0.15) is 41.4 Å². The summed E-state index contributed by atoms with van der Waals surface area (Å²) in [6.45, 7) is 4.46. The largest absolute Gasteiger partial charge is 0.338 e. The minimum atomic E-state index is -0.321. The number of benzene rings is 1. The highest BCUT2D eigenvalue weighted by molar-refractivity contribution is 7.23. The topological polar surface area (TPSA) is 97.2 Å². The molecule has 0 unspecified atom stereocenters. The molecule has 4 heterocycles. The Kier molecular flexibility index (Phi) is 5.71. The number of anilines is 1. The van der Waals surface area contributed by atoms with Crippen molar-refractivity contribution in [3.63, 3.8) is 0 Å². The predicted octanol–water partition coefficient (Wildman–Crippen LogP) is 4.03. The molecule has 2 amide bonds. The number of aryl methyl sites for hydroxylation is 1. The van der Waals surface area contributed by atoms with Crippen LogP contribution in [0.25, 0.3) is 20.4 Å². The number of nitrogens with zero attached hydrogens (tertiary/aromatic N) is 4. The second kappa shape index (κ2) is 8.68. The maximum atomic E-state index is 13.2. The van der Waals surface area contributed by atoms with Crippen molar-refractivity contribution < 1.29 is 9.59 Å². The highest BCUT2D eigenvalue weighted by Crippen LogP contribution is 2.30. The standard InChI is InChI=1S/C23H23N5O3S2/c1-13-7-5-6-10-28(13)17(29)11-27-12-24-21-18(22(27)31)14(2)19(33-21)20(30)26-23-25-15-8-3-4-9-16(15)32-23/h3-4,8-9,12-13H,5-7,10-11H2,1-2H3,(H,25,26,30)/t13-/m1/s1. The number of thiophene rings is 1. The fourth-order valence-corrected chi connectivity index (χ4v) is 6.17. The van der Waals surface area contributed by atoms with Gasteiger partial charge in [-0.25, -0.2) is 9.97 Å². The first kappa shape index (κ1) is 21.7. The van der Waals surface area contributed by atoms with Crippen molar-refractivity contribution in [3.05, 3.63) is 51.4 Å². The van der Waals surface area contributed by atoms with Gasteiger partial charge in [-0.3, -0.25) is 24.3 Å². The first-order valence-corrected chi connectivity index (χ1v) is 12.5. The smallest absolute Gasteiger partial charge is 0.267 e. The Hall–Kier alpha value is -3.11. The van der Waals surface area contributed by atoms with Crippen molar-refractivity contribution >= 4 is 60.1 Å². The van der Waals surface area contributed by atoms with Crippen molar-refractivity contribution in [1.82, 2.24) is 19.4 Å². The second-order valence-electron chi connectivity index (χ2n) is 8.29. The Bertz CT molecular complexity index is 1400. The van der Waals surface area contributed by atoms with Crippen molar-refractivity contribution in [3.8, 4) is 0 Å². The summed E-state index contributed by atoms with van der Waals surface area (Å²) < 4.78 is 2.33. The summed E-state index contributed by atoms with van der Waals surface area (Å²) in [6.07, 6.45) is 4.49. The summed E-state index contributed by atoms with van der Waals surface area (Å²) in [6, 6.07) is 7.85. The number of nitrogens with one attached hydrogen (secondary N) is 1. The number of aromatic nitrogens is 3. The van der Waals surface area contributed by atoms with E-state index in [1.165, 1.54) is 33.6 Å². The lowest BCUT2D eigenvalue weighted by atomic mass is 10.0. The quantitative estimate of drug-likeness (QED) is 0.475. The number of amides is 2. The van der Waals surface area contributed by atoms with E-state index in [0.717, 1.165) is 36.0 Å². The van der Waals surface area contributed by atoms with E-state index in [1.807, 2.05) is 36.1 Å². The number of carbonyl (C=O) groups excluding carboxylic acids is 2. The molecule has 3 aromatic heterocycles. The van der Waals surface area contributed by atoms with E-state index >= 15 is 0 Å². The predicted molar refractivity (Wildman–Crippen MR) is 131 cm³/mol. The summed E-state index contributed by atoms with van der Waals surface area (Å²) in [4.78, 5) is 50.5. The van der Waals surface area contributed by atoms with Gasteiger partial charge in [-0.1, -0.05) is 23.5 Å². The normalized spacial score (nSPS) is 16.4. The first-order chi connectivity index (χ1) is 15.9. The van der Waals surface area contributed by atoms with E-state index in [1.54, 1.807) is 6.92 Å². The van der Waals surface area contributed by atoms with Gasteiger partial charge in [0.05, 0.1) is 26.8 Å². The summed E-state index contributed by atoms with van der Waals surface area (Å²) in [5, 5.41) is 3.73. The molecule has 0 saturated carbocycles. The van der Waals surface area contributed by atoms with Gasteiger partial charge < -0.3 is 4.90 Å². The fraction of sp³-hybridized carbons (Fsp3) is 0.348. The van der Waals surface area contributed by atoms with Crippen LogP contribution in [0.3, 0.4) is 0 Å². The third kappa shape index (κ3) is 4.04. The molecule has 1 aromatic carbocycles. The van der Waals surface area contributed by atoms with E-state index in [2.05, 4.69) is 15.3 Å². The summed E-state index contributed by atoms with van der Waals surface area (Å²) in [5.74, 6) is -0.397. The zero-order valence-corrected chi connectivity index (χ0v) is 20.0. The zero-order chi connectivity index (χ0) is 23.1. The van der Waals surface area contributed by atoms with E-state index in [9.17, 15) is 14.4 Å². The van der Waals surface area contributed by atoms with Crippen molar-refractivity contribution in [2.45, 2.75) is 45.7 Å². The molecule has 0 spiro atoms. The van der Waals surface area contributed by atoms with Crippen LogP contribution in [0.4, 0.5) is 5.13 Å². The van der Waals surface area contributed by atoms with Crippen molar-refractivity contribution in [2.24, 2.45) is 0 Å². The number of carbonyl (C=O) groups is 2. The number of hydrogen-bond acceptors (Lipinski definition) is 7. The lowest BCUT2D eigenvalue weighted by Gasteiger charge is -2.33. The van der Waals surface area contributed by atoms with Gasteiger partial charge in [0.2, 0.25) is 5.91 Å². The molecule has 8 nitrogen and oxygen atoms in total. The number of thiazole rings is 1. The Labute approximate surface area is 197 Å². The summed E-state index contributed by atoms with van der Waals surface area (Å²) >= 11 is 2.57. The first-order valence-electron chi connectivity index (χ1n) is 10.9. The van der Waals surface area contributed by atoms with Crippen LogP contribution >= 0.6 is 22.7 Å². The van der Waals surface area contributed by atoms with Gasteiger partial charge in [-0.05, 0) is 50.8 Å². The molecule has 33 heavy (non-hydrogen) atoms. The maximum Gasteiger partial charge on any atom is 0.267 e. The lowest BCUT2D eigenvalue weighted by molar-refractivity contribution is -0.135. The molecular formula is C23H23N5O3S2. The third-order valence-corrected chi connectivity index (χ3v) is 8.22. The lowest BCUT2D eigenvalue weighted by Crippen LogP contribution is -2.44. The average molecular weight is 482 g/mol. The molecule has 10 heteroatoms. The molecule has 1 aliphatic heterocycles. The number of likely N-dealkylation sites (tertiary alicyclic amines) is 1. The van der Waals surface area contributed by atoms with Gasteiger partial charge in [0.15, 0.2) is 5.13 Å². The van der Waals surface area contributed by atoms with Gasteiger partial charge in [-0.2, -0.15) is 0 Å². The molecule has 0 aliphatic carbocycles. The van der Waals surface area contributed by atoms with Crippen LogP contribution in [0.5, 0.6) is 0 Å². The number of piperidine rings is 1. The van der Waals surface area contributed by atoms with Crippen LogP contribution in [0.2, 0.25) is 0 Å². The number of fused-ring (bicyclic) bond motifs is 2. The van der Waals surface area contributed by atoms with E-state index < -0.39 is 0 Å². The second-order valence-corrected chi connectivity index (χ2v) is 10.3. The molecule has 1 N–H and O–H groups in total. The minimum Gasteiger partial charge on any atom is -0.338 e. The number of rotatable bonds is 4. The molecule has 0 radical (unpaired) electrons. The molecule has 1 aliphatic rings. The Morgan fingerprint density at radius 1 is 1.21 bits per heavy atom. The number of para-hydroxylation sites is 1. The molecule has 5 rings (SSSR count). The highest BCUT2D eigenvalue weighted by Gasteiger charge is 2.25. The minimum absolute atomic E-state index is 0.0470. The van der Waals surface area contributed by atoms with E-state index in [0.29, 0.717) is 25.8 Å². The zero-order valence-electron chi connectivity index (χ0n) is 18.3. The van der Waals surface area contributed by atoms with Crippen LogP contribution in [0.15, 0.2) is 35.4 Å². The van der Waals surface area contributed by atoms with Crippen LogP contribution in [-0.2, 0) is 11.3 Å². The molecule has 0 bridgehead atoms. The Morgan fingerprint density at radius 3 is 2.82 bits per heavy atom. The highest BCUT2D eigenvalue weighted by atomic mass is 32.1. The van der Waals surface area contributed by atoms with Gasteiger partial charge >= 0.3 is 0 Å². The Morgan fingerprint density at radius 2 is 2.03 bits per heavy atom. The van der Waals surface area contributed by atoms with E-state index in [4.69, 9.17) is 0 Å². The summed E-state index contributed by atoms with van der Waals surface area (Å²) in [5.41, 5.74) is 1.09.